The van der Waals surface area contributed by atoms with Crippen LogP contribution in [0.25, 0.3) is 63.7 Å². The normalized spacial score (nSPS) is 11.9. The summed E-state index contributed by atoms with van der Waals surface area (Å²) >= 11 is 1.85. The molecule has 229 valence electrons. The number of aliphatic hydroxyl groups excluding tert-OH is 1. The standard InChI is InChI=1S/C31H20NS.C9H16O2.Ir/c1-18-13-29(32-17-19(18)2)20-11-12-30-27(14-20)28-15-25-23-9-5-3-7-21(23)22-8-4-6-10-24(22)26(25)16-31(28)33-30;1-6(2)8(10)5-9(11)7(3)4;/h3-10,12-17H,1-2H3;5-7,10H,1-4H3;/q-1;;/b;8-5-;. The van der Waals surface area contributed by atoms with E-state index >= 15 is 0 Å². The molecule has 0 aliphatic carbocycles. The molecule has 7 aromatic rings. The Hall–Kier alpha value is -3.89. The predicted molar refractivity (Wildman–Crippen MR) is 189 cm³/mol. The van der Waals surface area contributed by atoms with E-state index in [0.717, 1.165) is 11.3 Å². The van der Waals surface area contributed by atoms with Crippen molar-refractivity contribution in [2.45, 2.75) is 41.5 Å². The van der Waals surface area contributed by atoms with E-state index in [1.807, 2.05) is 45.2 Å². The third kappa shape index (κ3) is 6.31. The molecule has 0 atom stereocenters. The minimum absolute atomic E-state index is 0. The zero-order chi connectivity index (χ0) is 31.1. The van der Waals surface area contributed by atoms with Crippen LogP contribution in [0.1, 0.15) is 38.8 Å². The van der Waals surface area contributed by atoms with Gasteiger partial charge in [-0.05, 0) is 79.6 Å². The molecule has 1 radical (unpaired) electrons. The summed E-state index contributed by atoms with van der Waals surface area (Å²) in [4.78, 5) is 15.7. The van der Waals surface area contributed by atoms with Crippen molar-refractivity contribution in [1.82, 2.24) is 4.98 Å². The van der Waals surface area contributed by atoms with Crippen LogP contribution in [-0.2, 0) is 24.9 Å². The Labute approximate surface area is 282 Å². The molecule has 0 aliphatic heterocycles. The predicted octanol–water partition coefficient (Wildman–Crippen LogP) is 11.3. The molecule has 0 aliphatic rings. The summed E-state index contributed by atoms with van der Waals surface area (Å²) in [5, 5.41) is 19.7. The van der Waals surface area contributed by atoms with Crippen LogP contribution in [0.4, 0.5) is 0 Å². The number of thiophene rings is 1. The van der Waals surface area contributed by atoms with E-state index in [0.29, 0.717) is 0 Å². The van der Waals surface area contributed by atoms with Gasteiger partial charge in [0, 0.05) is 48.9 Å². The van der Waals surface area contributed by atoms with Gasteiger partial charge in [0.15, 0.2) is 5.78 Å². The van der Waals surface area contributed by atoms with Gasteiger partial charge in [-0.25, -0.2) is 0 Å². The van der Waals surface area contributed by atoms with E-state index in [-0.39, 0.29) is 43.5 Å². The van der Waals surface area contributed by atoms with Crippen LogP contribution in [-0.4, -0.2) is 15.9 Å². The summed E-state index contributed by atoms with van der Waals surface area (Å²) in [5.74, 6) is 0.161. The molecule has 5 heteroatoms. The van der Waals surface area contributed by atoms with Gasteiger partial charge in [0.25, 0.3) is 0 Å². The van der Waals surface area contributed by atoms with Crippen molar-refractivity contribution in [3.05, 3.63) is 114 Å². The van der Waals surface area contributed by atoms with Gasteiger partial charge in [0.1, 0.15) is 0 Å². The maximum Gasteiger partial charge on any atom is 0.161 e. The number of hydrogen-bond acceptors (Lipinski definition) is 4. The molecule has 0 spiro atoms. The van der Waals surface area contributed by atoms with Gasteiger partial charge in [-0.2, -0.15) is 11.3 Å². The number of carbonyl (C=O) groups is 1. The molecule has 0 saturated carbocycles. The molecule has 3 nitrogen and oxygen atoms in total. The van der Waals surface area contributed by atoms with Gasteiger partial charge >= 0.3 is 0 Å². The van der Waals surface area contributed by atoms with Crippen LogP contribution < -0.4 is 0 Å². The van der Waals surface area contributed by atoms with Crippen molar-refractivity contribution < 1.29 is 30.0 Å². The Bertz CT molecular complexity index is 2240. The van der Waals surface area contributed by atoms with Crippen molar-refractivity contribution >= 4 is 69.6 Å². The number of rotatable bonds is 4. The van der Waals surface area contributed by atoms with Crippen LogP contribution in [0.2, 0.25) is 0 Å². The zero-order valence-corrected chi connectivity index (χ0v) is 29.6. The SMILES string of the molecule is CC(C)C(=O)/C=C(\O)C(C)C.Cc1cnc(-c2[c-]cc3sc4cc5c6ccccc6c6ccccc6c5cc4c3c2)cc1C.[Ir]. The second-order valence-corrected chi connectivity index (χ2v) is 13.2. The summed E-state index contributed by atoms with van der Waals surface area (Å²) in [7, 11) is 0. The van der Waals surface area contributed by atoms with Crippen molar-refractivity contribution in [1.29, 1.82) is 0 Å². The molecule has 0 amide bonds. The molecule has 2 aromatic heterocycles. The van der Waals surface area contributed by atoms with E-state index in [9.17, 15) is 9.90 Å². The molecule has 5 aromatic carbocycles. The average Bonchev–Trinajstić information content (AvgIpc) is 3.38. The number of nitrogens with zero attached hydrogens (tertiary/aromatic N) is 1. The summed E-state index contributed by atoms with van der Waals surface area (Å²) in [6.45, 7) is 11.6. The number of ketones is 1. The molecule has 1 N–H and O–H groups in total. The number of aryl methyl sites for hydroxylation is 2. The van der Waals surface area contributed by atoms with Gasteiger partial charge in [-0.15, -0.1) is 23.8 Å². The van der Waals surface area contributed by atoms with Crippen molar-refractivity contribution in [3.63, 3.8) is 0 Å². The van der Waals surface area contributed by atoms with Gasteiger partial charge in [0.2, 0.25) is 0 Å². The number of carbonyl (C=O) groups excluding carboxylic acids is 1. The number of allylic oxidation sites excluding steroid dienone is 2. The quantitative estimate of drug-likeness (QED) is 0.0837. The fourth-order valence-corrected chi connectivity index (χ4v) is 6.61. The first kappa shape index (κ1) is 32.5. The number of benzene rings is 5. The van der Waals surface area contributed by atoms with Crippen LogP contribution in [0.5, 0.6) is 0 Å². The van der Waals surface area contributed by atoms with Crippen LogP contribution >= 0.6 is 11.3 Å². The molecular weight excluding hydrogens is 751 g/mol. The fraction of sp³-hybridized carbons (Fsp3) is 0.200. The first-order valence-electron chi connectivity index (χ1n) is 15.1. The molecule has 0 unspecified atom stereocenters. The number of hydrogen-bond donors (Lipinski definition) is 1. The third-order valence-electron chi connectivity index (χ3n) is 8.37. The second kappa shape index (κ2) is 13.2. The van der Waals surface area contributed by atoms with Crippen molar-refractivity contribution in [2.24, 2.45) is 11.8 Å². The Morgan fingerprint density at radius 1 is 0.733 bits per heavy atom. The maximum atomic E-state index is 11.0. The molecular formula is C40H36IrNO2S-. The van der Waals surface area contributed by atoms with Crippen molar-refractivity contribution in [3.8, 4) is 11.3 Å². The van der Waals surface area contributed by atoms with Gasteiger partial charge in [0.05, 0.1) is 5.76 Å². The number of pyridine rings is 1. The van der Waals surface area contributed by atoms with E-state index in [4.69, 9.17) is 0 Å². The Kier molecular flexibility index (Phi) is 9.55. The molecule has 0 saturated heterocycles. The zero-order valence-electron chi connectivity index (χ0n) is 26.4. The summed E-state index contributed by atoms with van der Waals surface area (Å²) in [6.07, 6.45) is 3.27. The first-order valence-corrected chi connectivity index (χ1v) is 15.9. The largest absolute Gasteiger partial charge is 0.512 e. The molecule has 0 fully saturated rings. The maximum absolute atomic E-state index is 11.0. The Balaban J connectivity index is 0.000000289. The molecule has 2 heterocycles. The van der Waals surface area contributed by atoms with E-state index < -0.39 is 0 Å². The van der Waals surface area contributed by atoms with Crippen molar-refractivity contribution in [2.75, 3.05) is 0 Å². The third-order valence-corrected chi connectivity index (χ3v) is 9.48. The van der Waals surface area contributed by atoms with E-state index in [1.54, 1.807) is 0 Å². The van der Waals surface area contributed by atoms with Gasteiger partial charge in [-0.3, -0.25) is 4.79 Å². The van der Waals surface area contributed by atoms with Crippen LogP contribution in [0.3, 0.4) is 0 Å². The fourth-order valence-electron chi connectivity index (χ4n) is 5.52. The summed E-state index contributed by atoms with van der Waals surface area (Å²) in [6, 6.07) is 32.4. The average molecular weight is 787 g/mol. The van der Waals surface area contributed by atoms with Gasteiger partial charge in [-0.1, -0.05) is 93.2 Å². The van der Waals surface area contributed by atoms with Gasteiger partial charge < -0.3 is 10.1 Å². The topological polar surface area (TPSA) is 50.2 Å². The molecule has 45 heavy (non-hydrogen) atoms. The number of aliphatic hydroxyl groups is 1. The summed E-state index contributed by atoms with van der Waals surface area (Å²) in [5.41, 5.74) is 4.50. The molecule has 7 rings (SSSR count). The minimum atomic E-state index is -0.0316. The minimum Gasteiger partial charge on any atom is -0.512 e. The Morgan fingerprint density at radius 2 is 1.29 bits per heavy atom. The van der Waals surface area contributed by atoms with Crippen LogP contribution in [0, 0.1) is 31.7 Å². The summed E-state index contributed by atoms with van der Waals surface area (Å²) < 4.78 is 2.58. The van der Waals surface area contributed by atoms with Crippen LogP contribution in [0.15, 0.2) is 96.9 Å². The monoisotopic (exact) mass is 787 g/mol. The first-order chi connectivity index (χ1) is 21.1. The number of fused-ring (bicyclic) bond motifs is 9. The van der Waals surface area contributed by atoms with E-state index in [2.05, 4.69) is 104 Å². The smallest absolute Gasteiger partial charge is 0.161 e. The second-order valence-electron chi connectivity index (χ2n) is 12.1. The molecule has 0 bridgehead atoms. The number of aromatic nitrogens is 1. The Morgan fingerprint density at radius 3 is 1.84 bits per heavy atom. The van der Waals surface area contributed by atoms with E-state index in [1.165, 1.54) is 69.7 Å².